The number of esters is 1. The van der Waals surface area contributed by atoms with Crippen LogP contribution in [0.3, 0.4) is 0 Å². The van der Waals surface area contributed by atoms with Crippen LogP contribution in [0.25, 0.3) is 0 Å². The minimum absolute atomic E-state index is 0.232. The van der Waals surface area contributed by atoms with Crippen LogP contribution >= 0.6 is 15.9 Å². The van der Waals surface area contributed by atoms with Crippen LogP contribution in [-0.2, 0) is 28.3 Å². The number of hydrogen-bond donors (Lipinski definition) is 0. The Kier molecular flexibility index (Phi) is 4.73. The third-order valence-electron chi connectivity index (χ3n) is 2.32. The van der Waals surface area contributed by atoms with Crippen molar-refractivity contribution in [2.24, 2.45) is 0 Å². The summed E-state index contributed by atoms with van der Waals surface area (Å²) in [4.78, 5) is 11.0. The molecule has 0 saturated heterocycles. The van der Waals surface area contributed by atoms with E-state index in [4.69, 9.17) is 0 Å². The van der Waals surface area contributed by atoms with E-state index in [9.17, 15) is 31.1 Å². The number of carbonyl (C=O) groups excluding carboxylic acids is 1. The molecule has 2 nitrogen and oxygen atoms in total. The predicted molar refractivity (Wildman–Crippen MR) is 59.9 cm³/mol. The van der Waals surface area contributed by atoms with Crippen LogP contribution in [0.1, 0.15) is 16.7 Å². The number of carbonyl (C=O) groups is 1. The molecule has 0 saturated carbocycles. The van der Waals surface area contributed by atoms with Crippen molar-refractivity contribution >= 4 is 21.9 Å². The molecule has 0 aliphatic rings. The van der Waals surface area contributed by atoms with Gasteiger partial charge >= 0.3 is 18.3 Å². The summed E-state index contributed by atoms with van der Waals surface area (Å²) in [5.74, 6) is -0.857. The molecule has 1 rings (SSSR count). The number of methoxy groups -OCH3 is 1. The molecule has 0 N–H and O–H groups in total. The van der Waals surface area contributed by atoms with E-state index in [-0.39, 0.29) is 5.56 Å². The lowest BCUT2D eigenvalue weighted by Gasteiger charge is -2.18. The van der Waals surface area contributed by atoms with Crippen LogP contribution < -0.4 is 0 Å². The first-order valence-corrected chi connectivity index (χ1v) is 5.79. The van der Waals surface area contributed by atoms with Gasteiger partial charge in [-0.2, -0.15) is 26.3 Å². The molecule has 0 atom stereocenters. The molecule has 0 aliphatic carbocycles. The van der Waals surface area contributed by atoms with Crippen LogP contribution in [0.4, 0.5) is 26.3 Å². The van der Waals surface area contributed by atoms with Gasteiger partial charge in [-0.1, -0.05) is 15.9 Å². The largest absolute Gasteiger partial charge is 0.469 e. The highest BCUT2D eigenvalue weighted by Gasteiger charge is 2.44. The Morgan fingerprint density at radius 2 is 1.70 bits per heavy atom. The Bertz CT molecular complexity index is 521. The molecular weight excluding hydrogens is 358 g/mol. The van der Waals surface area contributed by atoms with Gasteiger partial charge in [-0.3, -0.25) is 4.79 Å². The molecule has 0 aliphatic heterocycles. The van der Waals surface area contributed by atoms with E-state index in [2.05, 4.69) is 20.7 Å². The molecule has 1 aromatic carbocycles. The predicted octanol–water partition coefficient (Wildman–Crippen LogP) is 4.20. The zero-order valence-electron chi connectivity index (χ0n) is 9.82. The van der Waals surface area contributed by atoms with Crippen molar-refractivity contribution < 1.29 is 35.9 Å². The summed E-state index contributed by atoms with van der Waals surface area (Å²) < 4.78 is 79.7. The highest BCUT2D eigenvalue weighted by molar-refractivity contribution is 9.10. The Morgan fingerprint density at radius 3 is 2.10 bits per heavy atom. The molecule has 9 heteroatoms. The lowest BCUT2D eigenvalue weighted by molar-refractivity contribution is -0.162. The lowest BCUT2D eigenvalue weighted by atomic mass is 10.0. The van der Waals surface area contributed by atoms with Gasteiger partial charge in [0.1, 0.15) is 0 Å². The standard InChI is InChI=1S/C11H7BrF6O2/c1-20-8(19)4-5-2-6(10(13,14)15)9(7(12)3-5)11(16,17)18/h2-3H,4H2,1H3. The number of halogens is 7. The number of rotatable bonds is 2. The quantitative estimate of drug-likeness (QED) is 0.580. The first kappa shape index (κ1) is 16.8. The minimum atomic E-state index is -5.19. The fourth-order valence-electron chi connectivity index (χ4n) is 1.52. The van der Waals surface area contributed by atoms with Gasteiger partial charge in [-0.15, -0.1) is 0 Å². The topological polar surface area (TPSA) is 26.3 Å². The van der Waals surface area contributed by atoms with Gasteiger partial charge < -0.3 is 4.74 Å². The fraction of sp³-hybridized carbons (Fsp3) is 0.364. The number of hydrogen-bond acceptors (Lipinski definition) is 2. The maximum absolute atomic E-state index is 12.7. The van der Waals surface area contributed by atoms with Crippen LogP contribution in [0.2, 0.25) is 0 Å². The van der Waals surface area contributed by atoms with Crippen molar-refractivity contribution in [3.05, 3.63) is 33.3 Å². The van der Waals surface area contributed by atoms with Crippen molar-refractivity contribution in [2.45, 2.75) is 18.8 Å². The van der Waals surface area contributed by atoms with Crippen molar-refractivity contribution in [1.29, 1.82) is 0 Å². The SMILES string of the molecule is COC(=O)Cc1cc(Br)c(C(F)(F)F)c(C(F)(F)F)c1. The molecule has 0 unspecified atom stereocenters. The molecule has 112 valence electrons. The van der Waals surface area contributed by atoms with E-state index in [0.717, 1.165) is 13.2 Å². The minimum Gasteiger partial charge on any atom is -0.469 e. The van der Waals surface area contributed by atoms with E-state index < -0.39 is 40.3 Å². The second-order valence-electron chi connectivity index (χ2n) is 3.75. The molecule has 0 aromatic heterocycles. The Hall–Kier alpha value is -1.25. The highest BCUT2D eigenvalue weighted by atomic mass is 79.9. The van der Waals surface area contributed by atoms with Gasteiger partial charge in [0.15, 0.2) is 0 Å². The summed E-state index contributed by atoms with van der Waals surface area (Å²) in [7, 11) is 1.02. The molecule has 0 radical (unpaired) electrons. The van der Waals surface area contributed by atoms with Crippen LogP contribution in [-0.4, -0.2) is 13.1 Å². The number of ether oxygens (including phenoxy) is 1. The summed E-state index contributed by atoms with van der Waals surface area (Å²) in [6, 6.07) is 1.11. The smallest absolute Gasteiger partial charge is 0.418 e. The number of alkyl halides is 6. The second kappa shape index (κ2) is 5.63. The Labute approximate surface area is 117 Å². The van der Waals surface area contributed by atoms with Gasteiger partial charge in [-0.05, 0) is 17.7 Å². The van der Waals surface area contributed by atoms with E-state index in [1.54, 1.807) is 0 Å². The van der Waals surface area contributed by atoms with Crippen LogP contribution in [0, 0.1) is 0 Å². The third kappa shape index (κ3) is 3.87. The average Bonchev–Trinajstić information content (AvgIpc) is 2.24. The summed E-state index contributed by atoms with van der Waals surface area (Å²) in [5, 5.41) is 0. The van der Waals surface area contributed by atoms with Gasteiger partial charge in [0.25, 0.3) is 0 Å². The van der Waals surface area contributed by atoms with E-state index >= 15 is 0 Å². The van der Waals surface area contributed by atoms with Gasteiger partial charge in [0.05, 0.1) is 24.7 Å². The molecule has 20 heavy (non-hydrogen) atoms. The number of benzene rings is 1. The maximum atomic E-state index is 12.7. The molecule has 0 bridgehead atoms. The summed E-state index contributed by atoms with van der Waals surface area (Å²) in [6.45, 7) is 0. The van der Waals surface area contributed by atoms with Crippen molar-refractivity contribution in [2.75, 3.05) is 7.11 Å². The van der Waals surface area contributed by atoms with Crippen molar-refractivity contribution in [3.63, 3.8) is 0 Å². The molecule has 0 spiro atoms. The van der Waals surface area contributed by atoms with Gasteiger partial charge in [0, 0.05) is 4.47 Å². The lowest BCUT2D eigenvalue weighted by Crippen LogP contribution is -2.18. The first-order valence-electron chi connectivity index (χ1n) is 5.00. The fourth-order valence-corrected chi connectivity index (χ4v) is 2.25. The van der Waals surface area contributed by atoms with E-state index in [0.29, 0.717) is 6.07 Å². The summed E-state index contributed by atoms with van der Waals surface area (Å²) in [6.07, 6.45) is -10.9. The summed E-state index contributed by atoms with van der Waals surface area (Å²) in [5.41, 5.74) is -3.90. The van der Waals surface area contributed by atoms with Gasteiger partial charge in [0.2, 0.25) is 0 Å². The van der Waals surface area contributed by atoms with E-state index in [1.807, 2.05) is 0 Å². The van der Waals surface area contributed by atoms with Crippen LogP contribution in [0.15, 0.2) is 16.6 Å². The average molecular weight is 365 g/mol. The third-order valence-corrected chi connectivity index (χ3v) is 2.94. The monoisotopic (exact) mass is 364 g/mol. The highest BCUT2D eigenvalue weighted by Crippen LogP contribution is 2.44. The first-order chi connectivity index (χ1) is 8.96. The normalized spacial score (nSPS) is 12.4. The molecular formula is C11H7BrF6O2. The van der Waals surface area contributed by atoms with Crippen molar-refractivity contribution in [3.8, 4) is 0 Å². The Balaban J connectivity index is 3.46. The molecule has 0 fully saturated rings. The van der Waals surface area contributed by atoms with E-state index in [1.165, 1.54) is 0 Å². The van der Waals surface area contributed by atoms with Crippen LogP contribution in [0.5, 0.6) is 0 Å². The Morgan fingerprint density at radius 1 is 1.15 bits per heavy atom. The van der Waals surface area contributed by atoms with Gasteiger partial charge in [-0.25, -0.2) is 0 Å². The zero-order chi connectivity index (χ0) is 15.7. The maximum Gasteiger partial charge on any atom is 0.418 e. The summed E-state index contributed by atoms with van der Waals surface area (Å²) >= 11 is 2.47. The second-order valence-corrected chi connectivity index (χ2v) is 4.60. The zero-order valence-corrected chi connectivity index (χ0v) is 11.4. The molecule has 0 heterocycles. The van der Waals surface area contributed by atoms with Crippen molar-refractivity contribution in [1.82, 2.24) is 0 Å². The molecule has 1 aromatic rings. The molecule has 0 amide bonds.